The number of aliphatic imine (C=N–C) groups is 2. The van der Waals surface area contributed by atoms with Gasteiger partial charge in [0.1, 0.15) is 18.2 Å². The number of quaternary nitrogens is 1. The Morgan fingerprint density at radius 1 is 1.21 bits per heavy atom. The predicted octanol–water partition coefficient (Wildman–Crippen LogP) is 4.52. The maximum atomic E-state index is 13.3. The number of nitrogens with two attached hydrogens (primary N) is 1. The maximum Gasteiger partial charge on any atom is 0.203 e. The number of allylic oxidation sites excluding steroid dienone is 1. The van der Waals surface area contributed by atoms with Crippen molar-refractivity contribution in [3.05, 3.63) is 102 Å². The summed E-state index contributed by atoms with van der Waals surface area (Å²) in [4.78, 5) is 12.7. The smallest absolute Gasteiger partial charge is 0.203 e. The Hall–Kier alpha value is -4.61. The van der Waals surface area contributed by atoms with Crippen molar-refractivity contribution in [3.63, 3.8) is 0 Å². The van der Waals surface area contributed by atoms with Crippen LogP contribution in [0.25, 0.3) is 0 Å². The standard InChI is InChI=1S/C37H52N8O3/c1-6-33(39)45(35(40)44-19-10-9-12-25(44)2)20-21-48-31-18-17-30(28-15-7-8-16-29(28)31)42-36(47)43-34(23-32(38)37(3,4)5)41-27-14-11-13-26(22-27)24-46/h6-8,11,13-16,20-23,25,30-31,33,40,46H,1,9-10,12,17-19,24,38-39H2,2-5H3,(H2,41,42,43,47). The minimum Gasteiger partial charge on any atom is -0.845 e. The van der Waals surface area contributed by atoms with Gasteiger partial charge in [-0.1, -0.05) is 63.7 Å². The molecule has 1 aliphatic heterocycles. The third-order valence-electron chi connectivity index (χ3n) is 8.84. The normalized spacial score (nSPS) is 21.4. The molecule has 1 aliphatic carbocycles. The summed E-state index contributed by atoms with van der Waals surface area (Å²) in [6.07, 6.45) is 10.7. The lowest BCUT2D eigenvalue weighted by Crippen LogP contribution is -2.69. The first-order valence-corrected chi connectivity index (χ1v) is 16.7. The van der Waals surface area contributed by atoms with E-state index in [9.17, 15) is 10.2 Å². The summed E-state index contributed by atoms with van der Waals surface area (Å²) < 4.78 is 6.27. The number of piperidine rings is 1. The first-order valence-electron chi connectivity index (χ1n) is 16.7. The van der Waals surface area contributed by atoms with Gasteiger partial charge in [0.25, 0.3) is 0 Å². The lowest BCUT2D eigenvalue weighted by atomic mass is 9.86. The molecule has 4 atom stereocenters. The SMILES string of the molecule is C=CC([NH3+])N(C=COC1CCC(N=C([O-])N=C(C=C(N)C(C)(C)C)Nc2cccc(CO)c2)c2ccccc21)C(=N)N1CCCCC1C. The van der Waals surface area contributed by atoms with Gasteiger partial charge in [0.15, 0.2) is 6.17 Å². The average Bonchev–Trinajstić information content (AvgIpc) is 3.06. The van der Waals surface area contributed by atoms with E-state index in [2.05, 4.69) is 39.4 Å². The van der Waals surface area contributed by atoms with Gasteiger partial charge in [0.2, 0.25) is 5.96 Å². The van der Waals surface area contributed by atoms with Crippen LogP contribution in [0.1, 0.15) is 88.6 Å². The average molecular weight is 657 g/mol. The Morgan fingerprint density at radius 3 is 2.65 bits per heavy atom. The van der Waals surface area contributed by atoms with Gasteiger partial charge < -0.3 is 36.6 Å². The number of benzene rings is 2. The molecule has 1 fully saturated rings. The highest BCUT2D eigenvalue weighted by atomic mass is 16.5. The van der Waals surface area contributed by atoms with Gasteiger partial charge in [-0.25, -0.2) is 4.99 Å². The largest absolute Gasteiger partial charge is 0.845 e. The predicted molar refractivity (Wildman–Crippen MR) is 190 cm³/mol. The molecule has 1 heterocycles. The number of fused-ring (bicyclic) bond motifs is 1. The van der Waals surface area contributed by atoms with E-state index < -0.39 is 6.02 Å². The molecule has 2 aliphatic rings. The molecule has 11 heteroatoms. The summed E-state index contributed by atoms with van der Waals surface area (Å²) in [5.41, 5.74) is 14.0. The number of aliphatic hydroxyl groups is 1. The first-order chi connectivity index (χ1) is 22.9. The van der Waals surface area contributed by atoms with Gasteiger partial charge >= 0.3 is 0 Å². The fourth-order valence-corrected chi connectivity index (χ4v) is 5.83. The minimum atomic E-state index is -0.625. The van der Waals surface area contributed by atoms with Gasteiger partial charge in [-0.3, -0.25) is 15.3 Å². The maximum absolute atomic E-state index is 13.3. The van der Waals surface area contributed by atoms with Crippen LogP contribution in [0, 0.1) is 10.8 Å². The summed E-state index contributed by atoms with van der Waals surface area (Å²) in [6.45, 7) is 12.7. The van der Waals surface area contributed by atoms with Crippen LogP contribution in [0.2, 0.25) is 0 Å². The number of hydrogen-bond acceptors (Lipinski definition) is 6. The van der Waals surface area contributed by atoms with E-state index in [1.807, 2.05) is 63.2 Å². The van der Waals surface area contributed by atoms with Crippen LogP contribution in [-0.4, -0.2) is 51.5 Å². The summed E-state index contributed by atoms with van der Waals surface area (Å²) in [5, 5.41) is 35.0. The van der Waals surface area contributed by atoms with Crippen molar-refractivity contribution in [1.82, 2.24) is 9.80 Å². The molecule has 2 aromatic carbocycles. The molecule has 2 aromatic rings. The second-order valence-electron chi connectivity index (χ2n) is 13.4. The zero-order chi connectivity index (χ0) is 34.8. The van der Waals surface area contributed by atoms with Crippen LogP contribution >= 0.6 is 0 Å². The number of guanidine groups is 1. The van der Waals surface area contributed by atoms with Crippen LogP contribution < -0.4 is 21.9 Å². The number of nitrogens with zero attached hydrogens (tertiary/aromatic N) is 4. The molecule has 0 radical (unpaired) electrons. The van der Waals surface area contributed by atoms with Crippen LogP contribution in [0.3, 0.4) is 0 Å². The molecule has 0 saturated carbocycles. The summed E-state index contributed by atoms with van der Waals surface area (Å²) in [6, 6.07) is 14.4. The van der Waals surface area contributed by atoms with Crippen LogP contribution in [0.15, 0.2) is 95.4 Å². The monoisotopic (exact) mass is 656 g/mol. The molecule has 0 spiro atoms. The number of aliphatic hydroxyl groups excluding tert-OH is 1. The van der Waals surface area contributed by atoms with Gasteiger partial charge in [0, 0.05) is 41.7 Å². The van der Waals surface area contributed by atoms with E-state index in [1.54, 1.807) is 35.6 Å². The molecule has 4 rings (SSSR count). The van der Waals surface area contributed by atoms with E-state index in [0.717, 1.165) is 36.1 Å². The Labute approximate surface area is 284 Å². The van der Waals surface area contributed by atoms with Crippen molar-refractivity contribution in [2.75, 3.05) is 11.9 Å². The Bertz CT molecular complexity index is 1540. The molecule has 11 nitrogen and oxygen atoms in total. The fraction of sp³-hybridized carbons (Fsp3) is 0.432. The second-order valence-corrected chi connectivity index (χ2v) is 13.4. The van der Waals surface area contributed by atoms with Crippen molar-refractivity contribution in [2.24, 2.45) is 21.1 Å². The molecule has 0 bridgehead atoms. The first kappa shape index (κ1) is 36.2. The van der Waals surface area contributed by atoms with Crippen LogP contribution in [0.5, 0.6) is 0 Å². The topological polar surface area (TPSA) is 173 Å². The van der Waals surface area contributed by atoms with Crippen LogP contribution in [-0.2, 0) is 11.3 Å². The lowest BCUT2D eigenvalue weighted by molar-refractivity contribution is -0.428. The quantitative estimate of drug-likeness (QED) is 0.0867. The molecule has 8 N–H and O–H groups in total. The highest BCUT2D eigenvalue weighted by Gasteiger charge is 2.29. The number of hydrogen-bond donors (Lipinski definition) is 5. The fourth-order valence-electron chi connectivity index (χ4n) is 5.83. The zero-order valence-electron chi connectivity index (χ0n) is 28.7. The molecule has 0 aromatic heterocycles. The van der Waals surface area contributed by atoms with Crippen LogP contribution in [0.4, 0.5) is 5.69 Å². The number of likely N-dealkylation sites (tertiary alicyclic amines) is 1. The van der Waals surface area contributed by atoms with E-state index in [0.29, 0.717) is 30.2 Å². The summed E-state index contributed by atoms with van der Waals surface area (Å²) in [7, 11) is 0. The van der Waals surface area contributed by atoms with Gasteiger partial charge in [-0.2, -0.15) is 0 Å². The molecular weight excluding hydrogens is 604 g/mol. The highest BCUT2D eigenvalue weighted by molar-refractivity contribution is 6.08. The Balaban J connectivity index is 1.55. The Morgan fingerprint density at radius 2 is 1.96 bits per heavy atom. The minimum absolute atomic E-state index is 0.108. The van der Waals surface area contributed by atoms with E-state index >= 15 is 0 Å². The van der Waals surface area contributed by atoms with Gasteiger partial charge in [-0.05, 0) is 73.9 Å². The second kappa shape index (κ2) is 16.5. The molecule has 258 valence electrons. The van der Waals surface area contributed by atoms with Gasteiger partial charge in [0.05, 0.1) is 18.7 Å². The molecule has 0 amide bonds. The highest BCUT2D eigenvalue weighted by Crippen LogP contribution is 2.40. The molecule has 48 heavy (non-hydrogen) atoms. The van der Waals surface area contributed by atoms with Crippen molar-refractivity contribution in [1.29, 1.82) is 5.41 Å². The number of anilines is 1. The van der Waals surface area contributed by atoms with Gasteiger partial charge in [-0.15, -0.1) is 0 Å². The van der Waals surface area contributed by atoms with E-state index in [1.165, 1.54) is 6.42 Å². The number of amidine groups is 2. The molecule has 1 saturated heterocycles. The van der Waals surface area contributed by atoms with Crippen molar-refractivity contribution in [2.45, 2.75) is 90.8 Å². The van der Waals surface area contributed by atoms with E-state index in [4.69, 9.17) is 15.9 Å². The Kier molecular flexibility index (Phi) is 12.4. The van der Waals surface area contributed by atoms with Crippen molar-refractivity contribution < 1.29 is 20.7 Å². The third-order valence-corrected chi connectivity index (χ3v) is 8.84. The van der Waals surface area contributed by atoms with Crippen molar-refractivity contribution in [3.8, 4) is 0 Å². The molecule has 4 unspecified atom stereocenters. The van der Waals surface area contributed by atoms with E-state index in [-0.39, 0.29) is 42.2 Å². The third kappa shape index (κ3) is 9.48. The zero-order valence-corrected chi connectivity index (χ0v) is 28.7. The number of nitrogens with one attached hydrogen (secondary N) is 2. The summed E-state index contributed by atoms with van der Waals surface area (Å²) >= 11 is 0. The molecular formula is C37H52N8O3. The van der Waals surface area contributed by atoms with Crippen molar-refractivity contribution >= 4 is 23.5 Å². The number of ether oxygens (including phenoxy) is 1. The number of rotatable bonds is 9. The summed E-state index contributed by atoms with van der Waals surface area (Å²) in [5.74, 6) is 0.650. The lowest BCUT2D eigenvalue weighted by Gasteiger charge is -2.39.